The molecule has 1 atom stereocenters. The highest BCUT2D eigenvalue weighted by Crippen LogP contribution is 2.40. The van der Waals surface area contributed by atoms with Gasteiger partial charge in [-0.15, -0.1) is 0 Å². The van der Waals surface area contributed by atoms with E-state index in [1.807, 2.05) is 80.6 Å². The number of furan rings is 1. The summed E-state index contributed by atoms with van der Waals surface area (Å²) in [7, 11) is 0. The highest BCUT2D eigenvalue weighted by Gasteiger charge is 2.43. The van der Waals surface area contributed by atoms with E-state index in [-0.39, 0.29) is 23.6 Å². The minimum atomic E-state index is -0.654. The third-order valence-corrected chi connectivity index (χ3v) is 6.64. The van der Waals surface area contributed by atoms with Crippen molar-refractivity contribution in [2.75, 3.05) is 0 Å². The molecule has 0 spiro atoms. The maximum Gasteiger partial charge on any atom is 0.291 e. The predicted octanol–water partition coefficient (Wildman–Crippen LogP) is 6.54. The molecule has 6 rings (SSSR count). The van der Waals surface area contributed by atoms with Crippen molar-refractivity contribution in [2.45, 2.75) is 26.4 Å². The van der Waals surface area contributed by atoms with Gasteiger partial charge in [0.15, 0.2) is 5.43 Å². The van der Waals surface area contributed by atoms with Gasteiger partial charge < -0.3 is 18.5 Å². The van der Waals surface area contributed by atoms with Gasteiger partial charge in [-0.2, -0.15) is 0 Å². The Morgan fingerprint density at radius 3 is 2.42 bits per heavy atom. The average molecular weight is 478 g/mol. The van der Waals surface area contributed by atoms with Gasteiger partial charge in [-0.3, -0.25) is 9.59 Å². The number of carbonyl (C=O) groups is 1. The summed E-state index contributed by atoms with van der Waals surface area (Å²) in [4.78, 5) is 29.1. The standard InChI is InChI=1S/C30H23NO5/c1-18-14-24-25(15-19(18)2)36-29-26(28(24)32)27(31(30(29)33)17-23-12-7-13-34-23)20-8-6-11-22(16-20)35-21-9-4-3-5-10-21/h3-16,27H,17H2,1-2H3. The van der Waals surface area contributed by atoms with Crippen LogP contribution in [0.3, 0.4) is 0 Å². The summed E-state index contributed by atoms with van der Waals surface area (Å²) < 4.78 is 17.7. The number of benzene rings is 3. The van der Waals surface area contributed by atoms with Crippen molar-refractivity contribution < 1.29 is 18.4 Å². The zero-order chi connectivity index (χ0) is 24.8. The summed E-state index contributed by atoms with van der Waals surface area (Å²) >= 11 is 0. The minimum Gasteiger partial charge on any atom is -0.467 e. The van der Waals surface area contributed by atoms with E-state index in [1.165, 1.54) is 0 Å². The third-order valence-electron chi connectivity index (χ3n) is 6.64. The van der Waals surface area contributed by atoms with Gasteiger partial charge in [0, 0.05) is 0 Å². The first-order valence-electron chi connectivity index (χ1n) is 11.7. The van der Waals surface area contributed by atoms with Crippen LogP contribution in [0.1, 0.15) is 44.6 Å². The van der Waals surface area contributed by atoms with Gasteiger partial charge in [0.1, 0.15) is 22.8 Å². The van der Waals surface area contributed by atoms with E-state index < -0.39 is 6.04 Å². The van der Waals surface area contributed by atoms with Crippen molar-refractivity contribution in [2.24, 2.45) is 0 Å². The average Bonchev–Trinajstić information content (AvgIpc) is 3.49. The Morgan fingerprint density at radius 1 is 0.861 bits per heavy atom. The molecule has 1 amide bonds. The van der Waals surface area contributed by atoms with Crippen LogP contribution < -0.4 is 10.2 Å². The smallest absolute Gasteiger partial charge is 0.291 e. The summed E-state index contributed by atoms with van der Waals surface area (Å²) in [5.41, 5.74) is 3.27. The number of hydrogen-bond donors (Lipinski definition) is 0. The fourth-order valence-corrected chi connectivity index (χ4v) is 4.73. The van der Waals surface area contributed by atoms with Gasteiger partial charge >= 0.3 is 0 Å². The van der Waals surface area contributed by atoms with Crippen LogP contribution in [0.25, 0.3) is 11.0 Å². The molecule has 3 aromatic carbocycles. The van der Waals surface area contributed by atoms with Crippen LogP contribution in [0.4, 0.5) is 0 Å². The molecule has 1 aliphatic rings. The Labute approximate surface area is 207 Å². The lowest BCUT2D eigenvalue weighted by Crippen LogP contribution is -2.29. The lowest BCUT2D eigenvalue weighted by atomic mass is 9.97. The molecule has 3 heterocycles. The highest BCUT2D eigenvalue weighted by molar-refractivity contribution is 5.99. The van der Waals surface area contributed by atoms with E-state index in [2.05, 4.69) is 0 Å². The van der Waals surface area contributed by atoms with Crippen LogP contribution in [0.5, 0.6) is 11.5 Å². The lowest BCUT2D eigenvalue weighted by Gasteiger charge is -2.24. The zero-order valence-electron chi connectivity index (χ0n) is 19.9. The number of carbonyl (C=O) groups excluding carboxylic acids is 1. The van der Waals surface area contributed by atoms with Gasteiger partial charge in [-0.1, -0.05) is 30.3 Å². The van der Waals surface area contributed by atoms with E-state index in [0.717, 1.165) is 16.7 Å². The SMILES string of the molecule is Cc1cc2oc3c(c(=O)c2cc1C)C(c1cccc(Oc2ccccc2)c1)N(Cc1ccco1)C3=O. The molecule has 0 saturated carbocycles. The Morgan fingerprint density at radius 2 is 1.64 bits per heavy atom. The second-order valence-electron chi connectivity index (χ2n) is 9.01. The maximum atomic E-state index is 13.8. The summed E-state index contributed by atoms with van der Waals surface area (Å²) in [6.07, 6.45) is 1.57. The second kappa shape index (κ2) is 8.57. The van der Waals surface area contributed by atoms with Crippen LogP contribution in [0, 0.1) is 13.8 Å². The fraction of sp³-hybridized carbons (Fsp3) is 0.133. The monoisotopic (exact) mass is 477 g/mol. The number of nitrogens with zero attached hydrogens (tertiary/aromatic N) is 1. The summed E-state index contributed by atoms with van der Waals surface area (Å²) in [5.74, 6) is 1.64. The molecule has 5 aromatic rings. The van der Waals surface area contributed by atoms with Crippen LogP contribution in [-0.4, -0.2) is 10.8 Å². The van der Waals surface area contributed by atoms with E-state index in [1.54, 1.807) is 23.3 Å². The van der Waals surface area contributed by atoms with Gasteiger partial charge in [0.05, 0.1) is 29.8 Å². The van der Waals surface area contributed by atoms with Crippen molar-refractivity contribution in [3.63, 3.8) is 0 Å². The van der Waals surface area contributed by atoms with Crippen molar-refractivity contribution in [3.8, 4) is 11.5 Å². The van der Waals surface area contributed by atoms with Crippen molar-refractivity contribution in [3.05, 3.63) is 129 Å². The molecule has 0 aliphatic carbocycles. The lowest BCUT2D eigenvalue weighted by molar-refractivity contribution is 0.0701. The molecule has 0 saturated heterocycles. The number of hydrogen-bond acceptors (Lipinski definition) is 5. The van der Waals surface area contributed by atoms with Crippen LogP contribution >= 0.6 is 0 Å². The summed E-state index contributed by atoms with van der Waals surface area (Å²) in [5, 5.41) is 0.464. The quantitative estimate of drug-likeness (QED) is 0.287. The van der Waals surface area contributed by atoms with E-state index in [9.17, 15) is 9.59 Å². The molecule has 6 heteroatoms. The molecule has 36 heavy (non-hydrogen) atoms. The number of aryl methyl sites for hydroxylation is 2. The molecule has 1 aliphatic heterocycles. The van der Waals surface area contributed by atoms with E-state index >= 15 is 0 Å². The molecule has 178 valence electrons. The molecule has 0 bridgehead atoms. The summed E-state index contributed by atoms with van der Waals surface area (Å²) in [6, 6.07) is 23.5. The van der Waals surface area contributed by atoms with E-state index in [4.69, 9.17) is 13.6 Å². The maximum absolute atomic E-state index is 13.8. The molecule has 0 fully saturated rings. The summed E-state index contributed by atoms with van der Waals surface area (Å²) in [6.45, 7) is 4.10. The first-order chi connectivity index (χ1) is 17.5. The number of fused-ring (bicyclic) bond motifs is 2. The van der Waals surface area contributed by atoms with Crippen LogP contribution in [0.2, 0.25) is 0 Å². The van der Waals surface area contributed by atoms with Crippen molar-refractivity contribution in [1.82, 2.24) is 4.90 Å². The normalized spacial score (nSPS) is 14.9. The van der Waals surface area contributed by atoms with Gasteiger partial charge in [0.2, 0.25) is 5.76 Å². The molecule has 6 nitrogen and oxygen atoms in total. The van der Waals surface area contributed by atoms with Crippen LogP contribution in [-0.2, 0) is 6.54 Å². The van der Waals surface area contributed by atoms with E-state index in [0.29, 0.717) is 33.8 Å². The largest absolute Gasteiger partial charge is 0.467 e. The number of rotatable bonds is 5. The van der Waals surface area contributed by atoms with Crippen molar-refractivity contribution in [1.29, 1.82) is 0 Å². The number of para-hydroxylation sites is 1. The molecule has 0 N–H and O–H groups in total. The predicted molar refractivity (Wildman–Crippen MR) is 135 cm³/mol. The Kier molecular flexibility index (Phi) is 5.22. The Bertz CT molecular complexity index is 1650. The Hall–Kier alpha value is -4.58. The minimum absolute atomic E-state index is 0.0710. The number of ether oxygens (including phenoxy) is 1. The second-order valence-corrected chi connectivity index (χ2v) is 9.01. The van der Waals surface area contributed by atoms with Crippen molar-refractivity contribution >= 4 is 16.9 Å². The van der Waals surface area contributed by atoms with Gasteiger partial charge in [-0.05, 0) is 79.1 Å². The topological polar surface area (TPSA) is 72.9 Å². The fourth-order valence-electron chi connectivity index (χ4n) is 4.73. The Balaban J connectivity index is 1.52. The third kappa shape index (κ3) is 3.67. The molecule has 2 aromatic heterocycles. The van der Waals surface area contributed by atoms with Gasteiger partial charge in [-0.25, -0.2) is 0 Å². The number of amides is 1. The first-order valence-corrected chi connectivity index (χ1v) is 11.7. The zero-order valence-corrected chi connectivity index (χ0v) is 19.9. The van der Waals surface area contributed by atoms with Crippen LogP contribution in [0.15, 0.2) is 98.8 Å². The first kappa shape index (κ1) is 21.9. The molecular formula is C30H23NO5. The molecule has 1 unspecified atom stereocenters. The highest BCUT2D eigenvalue weighted by atomic mass is 16.5. The molecule has 0 radical (unpaired) electrons. The van der Waals surface area contributed by atoms with Gasteiger partial charge in [0.25, 0.3) is 5.91 Å². The molecular weight excluding hydrogens is 454 g/mol.